The third-order valence-corrected chi connectivity index (χ3v) is 4.40. The molecule has 0 saturated carbocycles. The number of amides is 1. The monoisotopic (exact) mass is 417 g/mol. The van der Waals surface area contributed by atoms with Gasteiger partial charge >= 0.3 is 12.1 Å². The van der Waals surface area contributed by atoms with E-state index in [1.165, 1.54) is 7.11 Å². The van der Waals surface area contributed by atoms with Crippen LogP contribution in [0.2, 0.25) is 0 Å². The first kappa shape index (κ1) is 23.3. The average molecular weight is 417 g/mol. The molecule has 0 heterocycles. The van der Waals surface area contributed by atoms with Crippen molar-refractivity contribution in [1.82, 2.24) is 5.32 Å². The van der Waals surface area contributed by atoms with Crippen LogP contribution in [0.25, 0.3) is 0 Å². The van der Waals surface area contributed by atoms with Crippen molar-refractivity contribution in [2.75, 3.05) is 13.7 Å². The van der Waals surface area contributed by atoms with Gasteiger partial charge in [-0.1, -0.05) is 60.7 Å². The molecule has 6 nitrogen and oxygen atoms in total. The number of hydrogen-bond donors (Lipinski definition) is 1. The summed E-state index contributed by atoms with van der Waals surface area (Å²) < 4.78 is 31.2. The van der Waals surface area contributed by atoms with Crippen molar-refractivity contribution in [1.29, 1.82) is 0 Å². The largest absolute Gasteiger partial charge is 0.457 e. The second-order valence-corrected chi connectivity index (χ2v) is 7.54. The van der Waals surface area contributed by atoms with Crippen LogP contribution in [0.15, 0.2) is 60.7 Å². The number of alkyl halides is 1. The highest BCUT2D eigenvalue weighted by atomic mass is 19.1. The van der Waals surface area contributed by atoms with Gasteiger partial charge in [-0.3, -0.25) is 5.32 Å². The number of alkyl carbamates (subject to hydrolysis) is 1. The van der Waals surface area contributed by atoms with Gasteiger partial charge in [-0.2, -0.15) is 0 Å². The normalized spacial score (nSPS) is 13.2. The maximum Gasteiger partial charge on any atom is 0.410 e. The highest BCUT2D eigenvalue weighted by molar-refractivity contribution is 5.84. The van der Waals surface area contributed by atoms with E-state index in [0.717, 1.165) is 0 Å². The van der Waals surface area contributed by atoms with E-state index in [-0.39, 0.29) is 6.61 Å². The van der Waals surface area contributed by atoms with Gasteiger partial charge in [0.25, 0.3) is 5.79 Å². The number of halogens is 1. The summed E-state index contributed by atoms with van der Waals surface area (Å²) in [5.74, 6) is -3.98. The molecule has 0 saturated heterocycles. The quantitative estimate of drug-likeness (QED) is 0.464. The van der Waals surface area contributed by atoms with E-state index >= 15 is 4.39 Å². The number of nitrogens with one attached hydrogen (secondary N) is 1. The van der Waals surface area contributed by atoms with Gasteiger partial charge in [-0.05, 0) is 25.0 Å². The number of carbonyl (C=O) groups excluding carboxylic acids is 2. The first-order valence-corrected chi connectivity index (χ1v) is 9.68. The summed E-state index contributed by atoms with van der Waals surface area (Å²) in [4.78, 5) is 25.0. The van der Waals surface area contributed by atoms with E-state index in [2.05, 4.69) is 5.32 Å². The fraction of sp³-hybridized carbons (Fsp3) is 0.391. The molecule has 1 atom stereocenters. The van der Waals surface area contributed by atoms with Crippen LogP contribution in [0.4, 0.5) is 9.18 Å². The highest BCUT2D eigenvalue weighted by Gasteiger charge is 2.43. The van der Waals surface area contributed by atoms with Crippen LogP contribution in [0.1, 0.15) is 31.4 Å². The predicted octanol–water partition coefficient (Wildman–Crippen LogP) is 4.18. The SMILES string of the molecule is COCCC(C)(C)OC(=O)N[C@@](F)(Cc1ccccc1)C(=O)OCc1ccccc1. The molecule has 0 aliphatic rings. The molecule has 2 aromatic rings. The predicted molar refractivity (Wildman–Crippen MR) is 110 cm³/mol. The van der Waals surface area contributed by atoms with Gasteiger partial charge in [-0.25, -0.2) is 14.0 Å². The van der Waals surface area contributed by atoms with Crippen molar-refractivity contribution in [3.05, 3.63) is 71.8 Å². The molecule has 7 heteroatoms. The Morgan fingerprint density at radius 2 is 1.53 bits per heavy atom. The van der Waals surface area contributed by atoms with Gasteiger partial charge in [0.05, 0.1) is 0 Å². The van der Waals surface area contributed by atoms with Crippen molar-refractivity contribution >= 4 is 12.1 Å². The molecule has 0 aliphatic heterocycles. The molecule has 0 unspecified atom stereocenters. The summed E-state index contributed by atoms with van der Waals surface area (Å²) in [6.45, 7) is 3.60. The molecule has 0 fully saturated rings. The van der Waals surface area contributed by atoms with Crippen LogP contribution in [0.3, 0.4) is 0 Å². The molecular formula is C23H28FNO5. The van der Waals surface area contributed by atoms with Crippen molar-refractivity contribution in [2.24, 2.45) is 0 Å². The number of methoxy groups -OCH3 is 1. The minimum Gasteiger partial charge on any atom is -0.457 e. The molecule has 30 heavy (non-hydrogen) atoms. The molecule has 0 bridgehead atoms. The summed E-state index contributed by atoms with van der Waals surface area (Å²) in [6.07, 6.45) is -1.03. The Morgan fingerprint density at radius 3 is 2.10 bits per heavy atom. The summed E-state index contributed by atoms with van der Waals surface area (Å²) in [6, 6.07) is 17.4. The first-order valence-electron chi connectivity index (χ1n) is 9.68. The fourth-order valence-corrected chi connectivity index (χ4v) is 2.72. The number of benzene rings is 2. The van der Waals surface area contributed by atoms with Gasteiger partial charge in [0.2, 0.25) is 0 Å². The second kappa shape index (κ2) is 10.7. The molecule has 2 rings (SSSR count). The Hall–Kier alpha value is -2.93. The topological polar surface area (TPSA) is 73.9 Å². The van der Waals surface area contributed by atoms with E-state index in [1.807, 2.05) is 6.07 Å². The number of carbonyl (C=O) groups is 2. The Kier molecular flexibility index (Phi) is 8.35. The van der Waals surface area contributed by atoms with E-state index in [9.17, 15) is 9.59 Å². The van der Waals surface area contributed by atoms with Gasteiger partial charge in [-0.15, -0.1) is 0 Å². The Labute approximate surface area is 176 Å². The van der Waals surface area contributed by atoms with E-state index < -0.39 is 29.9 Å². The minimum absolute atomic E-state index is 0.115. The number of esters is 1. The van der Waals surface area contributed by atoms with E-state index in [1.54, 1.807) is 68.4 Å². The molecular weight excluding hydrogens is 389 g/mol. The van der Waals surface area contributed by atoms with Crippen molar-refractivity contribution in [3.63, 3.8) is 0 Å². The molecule has 1 N–H and O–H groups in total. The number of hydrogen-bond acceptors (Lipinski definition) is 5. The van der Waals surface area contributed by atoms with Crippen molar-refractivity contribution in [3.8, 4) is 0 Å². The Balaban J connectivity index is 2.12. The Bertz CT molecular complexity index is 813. The minimum atomic E-state index is -2.79. The standard InChI is InChI=1S/C23H28FNO5/c1-22(2,14-15-28-3)30-21(27)25-23(24,16-18-10-6-4-7-11-18)20(26)29-17-19-12-8-5-9-13-19/h4-13H,14-17H2,1-3H3,(H,25,27)/t23-/m0/s1. The first-order chi connectivity index (χ1) is 14.2. The molecule has 0 spiro atoms. The summed E-state index contributed by atoms with van der Waals surface area (Å²) >= 11 is 0. The molecule has 1 amide bonds. The van der Waals surface area contributed by atoms with Crippen molar-refractivity contribution < 1.29 is 28.2 Å². The maximum atomic E-state index is 15.7. The molecule has 0 radical (unpaired) electrons. The smallest absolute Gasteiger partial charge is 0.410 e. The Morgan fingerprint density at radius 1 is 0.967 bits per heavy atom. The molecule has 0 aromatic heterocycles. The zero-order valence-corrected chi connectivity index (χ0v) is 17.5. The molecule has 2 aromatic carbocycles. The van der Waals surface area contributed by atoms with Crippen molar-refractivity contribution in [2.45, 2.75) is 44.7 Å². The average Bonchev–Trinajstić information content (AvgIpc) is 2.71. The maximum absolute atomic E-state index is 15.7. The lowest BCUT2D eigenvalue weighted by molar-refractivity contribution is -0.161. The lowest BCUT2D eigenvalue weighted by Crippen LogP contribution is -2.54. The lowest BCUT2D eigenvalue weighted by atomic mass is 10.0. The van der Waals surface area contributed by atoms with Crippen LogP contribution in [-0.2, 0) is 32.0 Å². The fourth-order valence-electron chi connectivity index (χ4n) is 2.72. The van der Waals surface area contributed by atoms with Gasteiger partial charge in [0.1, 0.15) is 12.2 Å². The van der Waals surface area contributed by atoms with E-state index in [4.69, 9.17) is 14.2 Å². The zero-order valence-electron chi connectivity index (χ0n) is 17.5. The molecule has 162 valence electrons. The molecule has 0 aliphatic carbocycles. The summed E-state index contributed by atoms with van der Waals surface area (Å²) in [5, 5.41) is 2.07. The number of rotatable bonds is 10. The van der Waals surface area contributed by atoms with Gasteiger partial charge in [0, 0.05) is 26.6 Å². The van der Waals surface area contributed by atoms with Crippen LogP contribution >= 0.6 is 0 Å². The zero-order chi connectivity index (χ0) is 22.0. The second-order valence-electron chi connectivity index (χ2n) is 7.54. The van der Waals surface area contributed by atoms with Gasteiger partial charge in [0.15, 0.2) is 0 Å². The summed E-state index contributed by atoms with van der Waals surface area (Å²) in [7, 11) is 1.53. The summed E-state index contributed by atoms with van der Waals surface area (Å²) in [5.41, 5.74) is 0.327. The van der Waals surface area contributed by atoms with Crippen LogP contribution in [0, 0.1) is 0 Å². The number of ether oxygens (including phenoxy) is 3. The lowest BCUT2D eigenvalue weighted by Gasteiger charge is -2.29. The third-order valence-electron chi connectivity index (χ3n) is 4.40. The van der Waals surface area contributed by atoms with Crippen LogP contribution in [-0.4, -0.2) is 37.2 Å². The van der Waals surface area contributed by atoms with E-state index in [0.29, 0.717) is 24.2 Å². The highest BCUT2D eigenvalue weighted by Crippen LogP contribution is 2.21. The van der Waals surface area contributed by atoms with Gasteiger partial charge < -0.3 is 14.2 Å². The van der Waals surface area contributed by atoms with Crippen LogP contribution < -0.4 is 5.32 Å². The van der Waals surface area contributed by atoms with Crippen LogP contribution in [0.5, 0.6) is 0 Å². The third kappa shape index (κ3) is 7.48.